The van der Waals surface area contributed by atoms with E-state index in [0.29, 0.717) is 26.2 Å². The zero-order valence-electron chi connectivity index (χ0n) is 15.1. The molecule has 2 heterocycles. The van der Waals surface area contributed by atoms with Gasteiger partial charge < -0.3 is 19.3 Å². The molecule has 1 aliphatic rings. The highest BCUT2D eigenvalue weighted by Gasteiger charge is 2.39. The molecule has 0 aliphatic carbocycles. The molecule has 0 spiro atoms. The summed E-state index contributed by atoms with van der Waals surface area (Å²) in [6, 6.07) is 16.1. The van der Waals surface area contributed by atoms with Gasteiger partial charge in [-0.2, -0.15) is 0 Å². The van der Waals surface area contributed by atoms with Crippen LogP contribution in [0.15, 0.2) is 59.1 Å². The van der Waals surface area contributed by atoms with Gasteiger partial charge in [-0.15, -0.1) is 0 Å². The number of nitrogens with zero attached hydrogens (tertiary/aromatic N) is 1. The van der Waals surface area contributed by atoms with Crippen molar-refractivity contribution in [3.8, 4) is 17.1 Å². The summed E-state index contributed by atoms with van der Waals surface area (Å²) in [5, 5.41) is 7.75. The molecule has 0 amide bonds. The van der Waals surface area contributed by atoms with Crippen molar-refractivity contribution >= 4 is 0 Å². The van der Waals surface area contributed by atoms with E-state index >= 15 is 0 Å². The number of methoxy groups -OCH3 is 1. The highest BCUT2D eigenvalue weighted by molar-refractivity contribution is 5.58. The van der Waals surface area contributed by atoms with Gasteiger partial charge in [-0.1, -0.05) is 17.3 Å². The first-order valence-corrected chi connectivity index (χ1v) is 8.83. The lowest BCUT2D eigenvalue weighted by atomic mass is 9.90. The topological polar surface area (TPSA) is 56.5 Å². The fourth-order valence-corrected chi connectivity index (χ4v) is 3.14. The van der Waals surface area contributed by atoms with E-state index in [1.165, 1.54) is 12.1 Å². The summed E-state index contributed by atoms with van der Waals surface area (Å²) in [7, 11) is 1.64. The lowest BCUT2D eigenvalue weighted by Gasteiger charge is -2.42. The van der Waals surface area contributed by atoms with Gasteiger partial charge in [0.25, 0.3) is 0 Å². The highest BCUT2D eigenvalue weighted by atomic mass is 19.1. The molecule has 0 saturated carbocycles. The Morgan fingerprint density at radius 3 is 2.48 bits per heavy atom. The molecule has 140 valence electrons. The van der Waals surface area contributed by atoms with Crippen LogP contribution in [0.5, 0.6) is 5.75 Å². The van der Waals surface area contributed by atoms with Gasteiger partial charge in [-0.3, -0.25) is 0 Å². The second kappa shape index (κ2) is 7.50. The molecule has 1 aromatic heterocycles. The van der Waals surface area contributed by atoms with Gasteiger partial charge in [0.15, 0.2) is 5.76 Å². The van der Waals surface area contributed by atoms with Gasteiger partial charge in [0.2, 0.25) is 0 Å². The Bertz CT molecular complexity index is 887. The minimum atomic E-state index is -0.228. The maximum absolute atomic E-state index is 13.0. The molecule has 4 rings (SSSR count). The number of halogens is 1. The molecule has 0 bridgehead atoms. The number of rotatable bonds is 7. The molecule has 0 radical (unpaired) electrons. The predicted molar refractivity (Wildman–Crippen MR) is 99.0 cm³/mol. The lowest BCUT2D eigenvalue weighted by Crippen LogP contribution is -2.61. The second-order valence-electron chi connectivity index (χ2n) is 6.84. The normalized spacial score (nSPS) is 15.3. The highest BCUT2D eigenvalue weighted by Crippen LogP contribution is 2.27. The smallest absolute Gasteiger partial charge is 0.167 e. The number of benzene rings is 2. The van der Waals surface area contributed by atoms with Crippen molar-refractivity contribution in [2.24, 2.45) is 0 Å². The summed E-state index contributed by atoms with van der Waals surface area (Å²) >= 11 is 0. The van der Waals surface area contributed by atoms with Crippen LogP contribution in [-0.2, 0) is 17.7 Å². The number of aromatic nitrogens is 1. The second-order valence-corrected chi connectivity index (χ2v) is 6.84. The molecule has 2 aromatic carbocycles. The van der Waals surface area contributed by atoms with Gasteiger partial charge >= 0.3 is 0 Å². The summed E-state index contributed by atoms with van der Waals surface area (Å²) < 4.78 is 29.2. The number of nitrogens with one attached hydrogen (secondary N) is 1. The van der Waals surface area contributed by atoms with Crippen molar-refractivity contribution in [3.63, 3.8) is 0 Å². The van der Waals surface area contributed by atoms with E-state index in [0.717, 1.165) is 28.3 Å². The van der Waals surface area contributed by atoms with Crippen molar-refractivity contribution in [2.75, 3.05) is 20.3 Å². The molecule has 1 fully saturated rings. The van der Waals surface area contributed by atoms with Gasteiger partial charge in [0.05, 0.1) is 31.6 Å². The molecule has 3 aromatic rings. The minimum absolute atomic E-state index is 0.178. The molecule has 27 heavy (non-hydrogen) atoms. The monoisotopic (exact) mass is 368 g/mol. The average Bonchev–Trinajstić information content (AvgIpc) is 3.13. The first kappa shape index (κ1) is 17.7. The van der Waals surface area contributed by atoms with Crippen molar-refractivity contribution in [1.29, 1.82) is 0 Å². The number of hydrogen-bond donors (Lipinski definition) is 1. The van der Waals surface area contributed by atoms with Gasteiger partial charge in [0.1, 0.15) is 11.6 Å². The SMILES string of the molecule is COc1ccc(-c2cc(CC3(NCc4ccc(F)cc4)COC3)no2)cc1. The first-order valence-electron chi connectivity index (χ1n) is 8.83. The Kier molecular flexibility index (Phi) is 4.92. The van der Waals surface area contributed by atoms with Crippen LogP contribution in [0.25, 0.3) is 11.3 Å². The molecule has 6 heteroatoms. The molecule has 1 saturated heterocycles. The zero-order chi connectivity index (χ0) is 18.7. The molecular formula is C21H21FN2O3. The minimum Gasteiger partial charge on any atom is -0.497 e. The van der Waals surface area contributed by atoms with Crippen LogP contribution in [0, 0.1) is 5.82 Å². The maximum atomic E-state index is 13.0. The van der Waals surface area contributed by atoms with Crippen molar-refractivity contribution in [1.82, 2.24) is 10.5 Å². The molecule has 5 nitrogen and oxygen atoms in total. The van der Waals surface area contributed by atoms with Crippen molar-refractivity contribution in [3.05, 3.63) is 71.7 Å². The Morgan fingerprint density at radius 2 is 1.85 bits per heavy atom. The fourth-order valence-electron chi connectivity index (χ4n) is 3.14. The Labute approximate surface area is 157 Å². The number of ether oxygens (including phenoxy) is 2. The third-order valence-corrected chi connectivity index (χ3v) is 4.79. The van der Waals surface area contributed by atoms with Gasteiger partial charge in [0, 0.05) is 24.6 Å². The van der Waals surface area contributed by atoms with E-state index in [1.807, 2.05) is 30.3 Å². The van der Waals surface area contributed by atoms with E-state index in [-0.39, 0.29) is 11.4 Å². The molecule has 1 N–H and O–H groups in total. The van der Waals surface area contributed by atoms with Crippen LogP contribution >= 0.6 is 0 Å². The Hall–Kier alpha value is -2.70. The standard InChI is InChI=1S/C21H21FN2O3/c1-25-19-8-4-16(5-9-19)20-10-18(24-27-20)11-21(13-26-14-21)23-12-15-2-6-17(22)7-3-15/h2-10,23H,11-14H2,1H3. The molecule has 0 atom stereocenters. The van der Waals surface area contributed by atoms with Crippen LogP contribution < -0.4 is 10.1 Å². The lowest BCUT2D eigenvalue weighted by molar-refractivity contribution is -0.0755. The van der Waals surface area contributed by atoms with Gasteiger partial charge in [-0.25, -0.2) is 4.39 Å². The largest absolute Gasteiger partial charge is 0.497 e. The van der Waals surface area contributed by atoms with Crippen molar-refractivity contribution in [2.45, 2.75) is 18.5 Å². The van der Waals surface area contributed by atoms with E-state index in [4.69, 9.17) is 14.0 Å². The Balaban J connectivity index is 1.42. The summed E-state index contributed by atoms with van der Waals surface area (Å²) in [4.78, 5) is 0. The first-order chi connectivity index (χ1) is 13.2. The van der Waals surface area contributed by atoms with E-state index in [2.05, 4.69) is 10.5 Å². The van der Waals surface area contributed by atoms with E-state index < -0.39 is 0 Å². The van der Waals surface area contributed by atoms with Crippen molar-refractivity contribution < 1.29 is 18.4 Å². The summed E-state index contributed by atoms with van der Waals surface area (Å²) in [6.07, 6.45) is 0.702. The third kappa shape index (κ3) is 4.02. The quantitative estimate of drug-likeness (QED) is 0.691. The van der Waals surface area contributed by atoms with Crippen LogP contribution in [0.4, 0.5) is 4.39 Å². The fraction of sp³-hybridized carbons (Fsp3) is 0.286. The summed E-state index contributed by atoms with van der Waals surface area (Å²) in [5.74, 6) is 1.30. The summed E-state index contributed by atoms with van der Waals surface area (Å²) in [6.45, 7) is 1.87. The van der Waals surface area contributed by atoms with E-state index in [9.17, 15) is 4.39 Å². The molecule has 1 aliphatic heterocycles. The van der Waals surface area contributed by atoms with Crippen LogP contribution in [0.3, 0.4) is 0 Å². The van der Waals surface area contributed by atoms with Crippen LogP contribution in [0.2, 0.25) is 0 Å². The van der Waals surface area contributed by atoms with E-state index in [1.54, 1.807) is 19.2 Å². The molecular weight excluding hydrogens is 347 g/mol. The van der Waals surface area contributed by atoms with Gasteiger partial charge in [-0.05, 0) is 42.0 Å². The molecule has 0 unspecified atom stereocenters. The summed E-state index contributed by atoms with van der Waals surface area (Å²) in [5.41, 5.74) is 2.67. The zero-order valence-corrected chi connectivity index (χ0v) is 15.1. The van der Waals surface area contributed by atoms with Crippen LogP contribution in [0.1, 0.15) is 11.3 Å². The predicted octanol–water partition coefficient (Wildman–Crippen LogP) is 3.59. The Morgan fingerprint density at radius 1 is 1.11 bits per heavy atom. The average molecular weight is 368 g/mol. The maximum Gasteiger partial charge on any atom is 0.167 e. The van der Waals surface area contributed by atoms with Crippen LogP contribution in [-0.4, -0.2) is 31.0 Å². The number of hydrogen-bond acceptors (Lipinski definition) is 5. The third-order valence-electron chi connectivity index (χ3n) is 4.79.